The van der Waals surface area contributed by atoms with Crippen molar-refractivity contribution in [3.8, 4) is 0 Å². The Hall–Kier alpha value is -2.17. The van der Waals surface area contributed by atoms with E-state index in [2.05, 4.69) is 30.5 Å². The maximum Gasteiger partial charge on any atom is 0.433 e. The summed E-state index contributed by atoms with van der Waals surface area (Å²) >= 11 is 1.12. The van der Waals surface area contributed by atoms with Crippen molar-refractivity contribution in [2.45, 2.75) is 38.1 Å². The summed E-state index contributed by atoms with van der Waals surface area (Å²) in [5.74, 6) is 0.290. The van der Waals surface area contributed by atoms with E-state index in [-0.39, 0.29) is 29.7 Å². The van der Waals surface area contributed by atoms with Crippen LogP contribution in [0.3, 0.4) is 0 Å². The first kappa shape index (κ1) is 18.2. The molecule has 2 aromatic rings. The molecule has 0 aromatic carbocycles. The highest BCUT2D eigenvalue weighted by atomic mass is 32.2. The van der Waals surface area contributed by atoms with E-state index in [1.807, 2.05) is 6.92 Å². The number of hydrogen-bond donors (Lipinski definition) is 2. The van der Waals surface area contributed by atoms with Gasteiger partial charge in [0.25, 0.3) is 0 Å². The molecule has 0 saturated heterocycles. The normalized spacial score (nSPS) is 11.5. The second-order valence-electron chi connectivity index (χ2n) is 4.79. The van der Waals surface area contributed by atoms with Crippen molar-refractivity contribution in [3.05, 3.63) is 29.1 Å². The maximum atomic E-state index is 12.7. The van der Waals surface area contributed by atoms with E-state index in [9.17, 15) is 18.0 Å². The van der Waals surface area contributed by atoms with Crippen LogP contribution in [0.2, 0.25) is 0 Å². The van der Waals surface area contributed by atoms with Gasteiger partial charge in [-0.05, 0) is 13.0 Å². The number of rotatable bonds is 6. The molecule has 0 fully saturated rings. The number of alkyl halides is 3. The molecule has 0 radical (unpaired) electrons. The smallest absolute Gasteiger partial charge is 0.348 e. The summed E-state index contributed by atoms with van der Waals surface area (Å²) in [5, 5.41) is 9.56. The van der Waals surface area contributed by atoms with Crippen molar-refractivity contribution < 1.29 is 18.0 Å². The van der Waals surface area contributed by atoms with Crippen LogP contribution >= 0.6 is 11.8 Å². The Bertz CT molecular complexity index is 718. The van der Waals surface area contributed by atoms with Crippen molar-refractivity contribution in [2.75, 3.05) is 5.75 Å². The fourth-order valence-electron chi connectivity index (χ4n) is 1.71. The van der Waals surface area contributed by atoms with Crippen molar-refractivity contribution in [1.82, 2.24) is 30.5 Å². The first-order valence-electron chi connectivity index (χ1n) is 7.00. The van der Waals surface area contributed by atoms with Crippen LogP contribution in [0.5, 0.6) is 0 Å². The predicted octanol–water partition coefficient (Wildman–Crippen LogP) is 1.89. The van der Waals surface area contributed by atoms with E-state index in [0.717, 1.165) is 17.8 Å². The van der Waals surface area contributed by atoms with Gasteiger partial charge in [-0.3, -0.25) is 9.89 Å². The van der Waals surface area contributed by atoms with Crippen LogP contribution < -0.4 is 5.32 Å². The minimum Gasteiger partial charge on any atom is -0.348 e. The number of aryl methyl sites for hydroxylation is 2. The highest BCUT2D eigenvalue weighted by Crippen LogP contribution is 2.27. The number of H-pyrrole nitrogens is 1. The van der Waals surface area contributed by atoms with Crippen LogP contribution in [0.15, 0.2) is 11.2 Å². The molecule has 2 rings (SSSR count). The molecule has 0 atom stereocenters. The zero-order valence-electron chi connectivity index (χ0n) is 12.9. The fourth-order valence-corrected chi connectivity index (χ4v) is 2.36. The van der Waals surface area contributed by atoms with Gasteiger partial charge >= 0.3 is 6.18 Å². The van der Waals surface area contributed by atoms with Crippen LogP contribution in [-0.4, -0.2) is 36.8 Å². The largest absolute Gasteiger partial charge is 0.433 e. The van der Waals surface area contributed by atoms with Crippen LogP contribution in [0.25, 0.3) is 0 Å². The lowest BCUT2D eigenvalue weighted by atomic mass is 10.3. The van der Waals surface area contributed by atoms with Crippen molar-refractivity contribution in [1.29, 1.82) is 0 Å². The number of nitrogens with one attached hydrogen (secondary N) is 2. The molecule has 0 bridgehead atoms. The number of amides is 1. The number of aromatic amines is 1. The van der Waals surface area contributed by atoms with E-state index in [4.69, 9.17) is 0 Å². The van der Waals surface area contributed by atoms with Crippen molar-refractivity contribution >= 4 is 17.7 Å². The third-order valence-corrected chi connectivity index (χ3v) is 3.66. The highest BCUT2D eigenvalue weighted by molar-refractivity contribution is 7.99. The first-order valence-corrected chi connectivity index (χ1v) is 7.99. The summed E-state index contributed by atoms with van der Waals surface area (Å²) in [7, 11) is 0. The number of thioether (sulfide) groups is 1. The highest BCUT2D eigenvalue weighted by Gasteiger charge is 2.33. The number of halogens is 3. The van der Waals surface area contributed by atoms with E-state index >= 15 is 0 Å². The van der Waals surface area contributed by atoms with Gasteiger partial charge < -0.3 is 5.32 Å². The summed E-state index contributed by atoms with van der Waals surface area (Å²) < 4.78 is 38.1. The van der Waals surface area contributed by atoms with Gasteiger partial charge in [0, 0.05) is 12.1 Å². The summed E-state index contributed by atoms with van der Waals surface area (Å²) in [5.41, 5.74) is -0.842. The molecule has 2 heterocycles. The molecular weight excluding hydrogens is 345 g/mol. The third-order valence-electron chi connectivity index (χ3n) is 2.81. The standard InChI is InChI=1S/C13H15F3N6OS/c1-3-9-20-12(22-21-9)24-6-11(23)17-5-10-18-7(2)4-8(19-10)13(14,15)16/h4H,3,5-6H2,1-2H3,(H,17,23)(H,20,21,22). The van der Waals surface area contributed by atoms with Crippen molar-refractivity contribution in [2.24, 2.45) is 0 Å². The van der Waals surface area contributed by atoms with E-state index in [1.165, 1.54) is 6.92 Å². The molecule has 11 heteroatoms. The Balaban J connectivity index is 1.88. The minimum atomic E-state index is -4.55. The van der Waals surface area contributed by atoms with Crippen LogP contribution in [0, 0.1) is 6.92 Å². The van der Waals surface area contributed by atoms with E-state index < -0.39 is 11.9 Å². The number of nitrogens with zero attached hydrogens (tertiary/aromatic N) is 4. The van der Waals surface area contributed by atoms with Gasteiger partial charge in [-0.2, -0.15) is 13.2 Å². The average Bonchev–Trinajstić information content (AvgIpc) is 2.97. The number of carbonyl (C=O) groups excluding carboxylic acids is 1. The van der Waals surface area contributed by atoms with Gasteiger partial charge in [-0.25, -0.2) is 15.0 Å². The molecule has 0 unspecified atom stereocenters. The zero-order chi connectivity index (χ0) is 17.7. The minimum absolute atomic E-state index is 0.0406. The van der Waals surface area contributed by atoms with Crippen molar-refractivity contribution in [3.63, 3.8) is 0 Å². The van der Waals surface area contributed by atoms with Crippen LogP contribution in [0.4, 0.5) is 13.2 Å². The van der Waals surface area contributed by atoms with Gasteiger partial charge in [0.05, 0.1) is 12.3 Å². The summed E-state index contributed by atoms with van der Waals surface area (Å²) in [6, 6.07) is 0.857. The number of hydrogen-bond acceptors (Lipinski definition) is 6. The molecule has 0 saturated carbocycles. The summed E-state index contributed by atoms with van der Waals surface area (Å²) in [6.07, 6.45) is -3.85. The lowest BCUT2D eigenvalue weighted by Gasteiger charge is -2.09. The molecule has 0 aliphatic rings. The predicted molar refractivity (Wildman–Crippen MR) is 80.1 cm³/mol. The zero-order valence-corrected chi connectivity index (χ0v) is 13.8. The summed E-state index contributed by atoms with van der Waals surface area (Å²) in [4.78, 5) is 23.2. The molecular formula is C13H15F3N6OS. The Kier molecular flexibility index (Phi) is 5.75. The van der Waals surface area contributed by atoms with E-state index in [0.29, 0.717) is 17.4 Å². The van der Waals surface area contributed by atoms with Crippen LogP contribution in [0.1, 0.15) is 30.0 Å². The van der Waals surface area contributed by atoms with Gasteiger partial charge in [0.2, 0.25) is 11.1 Å². The topological polar surface area (TPSA) is 96.5 Å². The van der Waals surface area contributed by atoms with Gasteiger partial charge in [0.15, 0.2) is 0 Å². The second kappa shape index (κ2) is 7.60. The molecule has 130 valence electrons. The molecule has 7 nitrogen and oxygen atoms in total. The van der Waals surface area contributed by atoms with E-state index in [1.54, 1.807) is 0 Å². The van der Waals surface area contributed by atoms with Gasteiger partial charge in [0.1, 0.15) is 17.3 Å². The Labute approximate surface area is 139 Å². The number of carbonyl (C=O) groups is 1. The van der Waals surface area contributed by atoms with Gasteiger partial charge in [-0.15, -0.1) is 5.10 Å². The average molecular weight is 360 g/mol. The molecule has 0 spiro atoms. The first-order chi connectivity index (χ1) is 11.3. The van der Waals surface area contributed by atoms with Crippen LogP contribution in [-0.2, 0) is 23.9 Å². The Morgan fingerprint density at radius 1 is 1.33 bits per heavy atom. The fraction of sp³-hybridized carbons (Fsp3) is 0.462. The maximum absolute atomic E-state index is 12.7. The van der Waals surface area contributed by atoms with Gasteiger partial charge in [-0.1, -0.05) is 18.7 Å². The SMILES string of the molecule is CCc1nc(SCC(=O)NCc2nc(C)cc(C(F)(F)F)n2)n[nH]1. The summed E-state index contributed by atoms with van der Waals surface area (Å²) in [6.45, 7) is 3.17. The third kappa shape index (κ3) is 5.18. The molecule has 0 aliphatic heterocycles. The lowest BCUT2D eigenvalue weighted by Crippen LogP contribution is -2.26. The lowest BCUT2D eigenvalue weighted by molar-refractivity contribution is -0.141. The number of aromatic nitrogens is 5. The molecule has 2 aromatic heterocycles. The Morgan fingerprint density at radius 2 is 2.08 bits per heavy atom. The Morgan fingerprint density at radius 3 is 2.71 bits per heavy atom. The molecule has 1 amide bonds. The quantitative estimate of drug-likeness (QED) is 0.764. The monoisotopic (exact) mass is 360 g/mol. The molecule has 0 aliphatic carbocycles. The second-order valence-corrected chi connectivity index (χ2v) is 5.73. The molecule has 24 heavy (non-hydrogen) atoms. The molecule has 2 N–H and O–H groups in total.